The van der Waals surface area contributed by atoms with E-state index in [4.69, 9.17) is 5.73 Å². The topological polar surface area (TPSA) is 132 Å². The lowest BCUT2D eigenvalue weighted by atomic mass is 10.1. The van der Waals surface area contributed by atoms with Gasteiger partial charge in [-0.25, -0.2) is 8.42 Å². The number of halogens is 1. The second kappa shape index (κ2) is 5.74. The Bertz CT molecular complexity index is 717. The third-order valence-electron chi connectivity index (χ3n) is 2.83. The molecule has 0 aromatic heterocycles. The first-order valence-electron chi connectivity index (χ1n) is 5.74. The van der Waals surface area contributed by atoms with Crippen LogP contribution in [0.1, 0.15) is 18.1 Å². The monoisotopic (exact) mass is 319 g/mol. The van der Waals surface area contributed by atoms with Crippen molar-refractivity contribution in [2.24, 2.45) is 5.73 Å². The third kappa shape index (κ3) is 3.34. The highest BCUT2D eigenvalue weighted by Gasteiger charge is 2.30. The lowest BCUT2D eigenvalue weighted by Crippen LogP contribution is -2.42. The molecule has 0 saturated carbocycles. The normalized spacial score (nSPS) is 13.0. The predicted octanol–water partition coefficient (Wildman–Crippen LogP) is 0.503. The maximum absolute atomic E-state index is 13.6. The molecule has 0 radical (unpaired) electrons. The van der Waals surface area contributed by atoms with E-state index in [1.165, 1.54) is 13.8 Å². The number of aryl methyl sites for hydroxylation is 1. The maximum atomic E-state index is 13.6. The molecule has 0 aliphatic rings. The van der Waals surface area contributed by atoms with E-state index in [0.717, 1.165) is 13.0 Å². The fourth-order valence-electron chi connectivity index (χ4n) is 1.89. The van der Waals surface area contributed by atoms with E-state index in [-0.39, 0.29) is 11.1 Å². The molecule has 0 aliphatic carbocycles. The zero-order valence-electron chi connectivity index (χ0n) is 11.5. The molecule has 3 N–H and O–H groups in total. The molecule has 0 spiro atoms. The van der Waals surface area contributed by atoms with E-state index >= 15 is 0 Å². The second-order valence-electron chi connectivity index (χ2n) is 4.48. The van der Waals surface area contributed by atoms with Crippen LogP contribution in [0.5, 0.6) is 0 Å². The number of hydrogen-bond donors (Lipinski definition) is 2. The van der Waals surface area contributed by atoms with Crippen LogP contribution in [0.3, 0.4) is 0 Å². The van der Waals surface area contributed by atoms with Crippen LogP contribution in [0.25, 0.3) is 0 Å². The van der Waals surface area contributed by atoms with Gasteiger partial charge in [0.05, 0.1) is 21.4 Å². The Morgan fingerprint density at radius 3 is 2.43 bits per heavy atom. The van der Waals surface area contributed by atoms with Crippen molar-refractivity contribution in [3.05, 3.63) is 33.1 Å². The third-order valence-corrected chi connectivity index (χ3v) is 4.66. The van der Waals surface area contributed by atoms with E-state index in [2.05, 4.69) is 0 Å². The molecule has 0 bridgehead atoms. The van der Waals surface area contributed by atoms with Crippen molar-refractivity contribution < 1.29 is 22.5 Å². The first-order chi connectivity index (χ1) is 9.49. The summed E-state index contributed by atoms with van der Waals surface area (Å²) in [5, 5.41) is 10.8. The van der Waals surface area contributed by atoms with Crippen LogP contribution >= 0.6 is 0 Å². The number of sulfonamides is 1. The van der Waals surface area contributed by atoms with Gasteiger partial charge in [0.25, 0.3) is 0 Å². The maximum Gasteiger partial charge on any atom is 0.309 e. The molecule has 0 heterocycles. The molecule has 0 saturated heterocycles. The number of benzene rings is 1. The SMILES string of the molecule is Cc1cc(F)c([N+](=O)[O-])c(C)c1S(=O)(=O)NC(C)C(N)=O. The van der Waals surface area contributed by atoms with Gasteiger partial charge in [0.1, 0.15) is 0 Å². The fraction of sp³-hybridized carbons (Fsp3) is 0.364. The minimum atomic E-state index is -4.26. The van der Waals surface area contributed by atoms with Crippen LogP contribution in [0.2, 0.25) is 0 Å². The number of primary amides is 1. The van der Waals surface area contributed by atoms with Crippen LogP contribution in [-0.4, -0.2) is 25.3 Å². The summed E-state index contributed by atoms with van der Waals surface area (Å²) in [6, 6.07) is -0.452. The molecule has 116 valence electrons. The minimum absolute atomic E-state index is 0.0141. The van der Waals surface area contributed by atoms with Gasteiger partial charge in [-0.3, -0.25) is 14.9 Å². The number of nitrogens with one attached hydrogen (secondary N) is 1. The summed E-state index contributed by atoms with van der Waals surface area (Å²) in [5.74, 6) is -2.04. The van der Waals surface area contributed by atoms with E-state index in [1.807, 2.05) is 4.72 Å². The average Bonchev–Trinajstić information content (AvgIpc) is 2.25. The van der Waals surface area contributed by atoms with Gasteiger partial charge in [0.2, 0.25) is 21.7 Å². The first kappa shape index (κ1) is 17.0. The molecule has 1 aromatic rings. The average molecular weight is 319 g/mol. The van der Waals surface area contributed by atoms with Gasteiger partial charge >= 0.3 is 5.69 Å². The molecule has 0 aliphatic heterocycles. The van der Waals surface area contributed by atoms with E-state index in [9.17, 15) is 27.7 Å². The number of carbonyl (C=O) groups is 1. The van der Waals surface area contributed by atoms with Crippen LogP contribution in [-0.2, 0) is 14.8 Å². The van der Waals surface area contributed by atoms with E-state index in [0.29, 0.717) is 0 Å². The Morgan fingerprint density at radius 2 is 2.00 bits per heavy atom. The van der Waals surface area contributed by atoms with Gasteiger partial charge in [0.15, 0.2) is 0 Å². The highest BCUT2D eigenvalue weighted by atomic mass is 32.2. The minimum Gasteiger partial charge on any atom is -0.368 e. The van der Waals surface area contributed by atoms with Crippen LogP contribution < -0.4 is 10.5 Å². The number of rotatable bonds is 5. The Hall–Kier alpha value is -2.07. The lowest BCUT2D eigenvalue weighted by Gasteiger charge is -2.15. The Morgan fingerprint density at radius 1 is 1.48 bits per heavy atom. The van der Waals surface area contributed by atoms with Crippen molar-refractivity contribution in [1.82, 2.24) is 4.72 Å². The van der Waals surface area contributed by atoms with Crippen LogP contribution in [0, 0.1) is 29.8 Å². The van der Waals surface area contributed by atoms with Crippen molar-refractivity contribution in [3.63, 3.8) is 0 Å². The highest BCUT2D eigenvalue weighted by Crippen LogP contribution is 2.31. The largest absolute Gasteiger partial charge is 0.368 e. The number of nitro benzene ring substituents is 1. The molecular formula is C11H14FN3O5S. The second-order valence-corrected chi connectivity index (χ2v) is 6.13. The Balaban J connectivity index is 3.53. The molecule has 1 unspecified atom stereocenters. The number of nitro groups is 1. The molecular weight excluding hydrogens is 305 g/mol. The summed E-state index contributed by atoms with van der Waals surface area (Å²) in [6.07, 6.45) is 0. The number of amides is 1. The van der Waals surface area contributed by atoms with E-state index in [1.54, 1.807) is 0 Å². The van der Waals surface area contributed by atoms with Crippen molar-refractivity contribution in [3.8, 4) is 0 Å². The highest BCUT2D eigenvalue weighted by molar-refractivity contribution is 7.89. The lowest BCUT2D eigenvalue weighted by molar-refractivity contribution is -0.388. The van der Waals surface area contributed by atoms with Gasteiger partial charge in [-0.05, 0) is 32.4 Å². The fourth-order valence-corrected chi connectivity index (χ4v) is 3.58. The molecule has 8 nitrogen and oxygen atoms in total. The van der Waals surface area contributed by atoms with Crippen molar-refractivity contribution >= 4 is 21.6 Å². The summed E-state index contributed by atoms with van der Waals surface area (Å²) < 4.78 is 40.0. The van der Waals surface area contributed by atoms with Gasteiger partial charge in [0, 0.05) is 0 Å². The standard InChI is InChI=1S/C11H14FN3O5S/c1-5-4-8(12)9(15(17)18)6(2)10(5)21(19,20)14-7(3)11(13)16/h4,7,14H,1-3H3,(H2,13,16). The van der Waals surface area contributed by atoms with Crippen molar-refractivity contribution in [2.75, 3.05) is 0 Å². The summed E-state index contributed by atoms with van der Waals surface area (Å²) in [4.78, 5) is 20.3. The Labute approximate surface area is 120 Å². The molecule has 10 heteroatoms. The van der Waals surface area contributed by atoms with Gasteiger partial charge in [-0.2, -0.15) is 9.11 Å². The van der Waals surface area contributed by atoms with Crippen LogP contribution in [0.4, 0.5) is 10.1 Å². The van der Waals surface area contributed by atoms with Gasteiger partial charge in [-0.1, -0.05) is 0 Å². The molecule has 1 amide bonds. The van der Waals surface area contributed by atoms with Gasteiger partial charge < -0.3 is 5.73 Å². The molecule has 1 aromatic carbocycles. The molecule has 1 rings (SSSR count). The quantitative estimate of drug-likeness (QED) is 0.602. The van der Waals surface area contributed by atoms with Crippen molar-refractivity contribution in [2.45, 2.75) is 31.7 Å². The van der Waals surface area contributed by atoms with E-state index < -0.39 is 43.3 Å². The van der Waals surface area contributed by atoms with Crippen LogP contribution in [0.15, 0.2) is 11.0 Å². The van der Waals surface area contributed by atoms with Crippen molar-refractivity contribution in [1.29, 1.82) is 0 Å². The smallest absolute Gasteiger partial charge is 0.309 e. The summed E-state index contributed by atoms with van der Waals surface area (Å²) in [6.45, 7) is 3.64. The zero-order chi connectivity index (χ0) is 16.5. The summed E-state index contributed by atoms with van der Waals surface area (Å²) in [5.41, 5.74) is 3.68. The molecule has 21 heavy (non-hydrogen) atoms. The first-order valence-corrected chi connectivity index (χ1v) is 7.23. The predicted molar refractivity (Wildman–Crippen MR) is 71.5 cm³/mol. The molecule has 1 atom stereocenters. The number of hydrogen-bond acceptors (Lipinski definition) is 5. The number of nitrogens with zero attached hydrogens (tertiary/aromatic N) is 1. The molecule has 0 fully saturated rings. The van der Waals surface area contributed by atoms with Gasteiger partial charge in [-0.15, -0.1) is 0 Å². The Kier molecular flexibility index (Phi) is 4.64. The summed E-state index contributed by atoms with van der Waals surface area (Å²) >= 11 is 0. The number of nitrogens with two attached hydrogens (primary N) is 1. The zero-order valence-corrected chi connectivity index (χ0v) is 12.3. The number of carbonyl (C=O) groups excluding carboxylic acids is 1. The summed E-state index contributed by atoms with van der Waals surface area (Å²) in [7, 11) is -4.26.